The van der Waals surface area contributed by atoms with Crippen molar-refractivity contribution in [3.63, 3.8) is 0 Å². The molecule has 0 unspecified atom stereocenters. The van der Waals surface area contributed by atoms with Gasteiger partial charge in [0.25, 0.3) is 0 Å². The maximum absolute atomic E-state index is 11.5. The van der Waals surface area contributed by atoms with Crippen molar-refractivity contribution in [3.8, 4) is 11.1 Å². The molecular weight excluding hydrogens is 246 g/mol. The van der Waals surface area contributed by atoms with E-state index in [0.29, 0.717) is 0 Å². The quantitative estimate of drug-likeness (QED) is 0.785. The van der Waals surface area contributed by atoms with Crippen LogP contribution in [0.15, 0.2) is 42.5 Å². The predicted molar refractivity (Wildman–Crippen MR) is 81.9 cm³/mol. The second-order valence-corrected chi connectivity index (χ2v) is 5.48. The molecular formula is C18H19NO. The fraction of sp³-hybridized carbons (Fsp3) is 0.278. The molecule has 1 aliphatic carbocycles. The summed E-state index contributed by atoms with van der Waals surface area (Å²) in [5, 5.41) is 3.09. The molecule has 3 rings (SSSR count). The zero-order valence-corrected chi connectivity index (χ0v) is 11.9. The summed E-state index contributed by atoms with van der Waals surface area (Å²) in [6.07, 6.45) is 1.76. The third-order valence-electron chi connectivity index (χ3n) is 4.14. The summed E-state index contributed by atoms with van der Waals surface area (Å²) in [5.41, 5.74) is 6.70. The first-order chi connectivity index (χ1) is 9.69. The molecule has 0 saturated heterocycles. The van der Waals surface area contributed by atoms with E-state index < -0.39 is 0 Å². The number of fused-ring (bicyclic) bond motifs is 3. The molecule has 0 aromatic heterocycles. The van der Waals surface area contributed by atoms with Gasteiger partial charge in [0.15, 0.2) is 0 Å². The highest BCUT2D eigenvalue weighted by atomic mass is 16.1. The lowest BCUT2D eigenvalue weighted by molar-refractivity contribution is -0.118. The van der Waals surface area contributed by atoms with E-state index in [2.05, 4.69) is 47.8 Å². The molecule has 20 heavy (non-hydrogen) atoms. The summed E-state index contributed by atoms with van der Waals surface area (Å²) in [5.74, 6) is 0.191. The molecule has 1 atom stereocenters. The molecule has 0 amide bonds. The van der Waals surface area contributed by atoms with Crippen molar-refractivity contribution < 1.29 is 4.79 Å². The molecule has 0 radical (unpaired) electrons. The topological polar surface area (TPSA) is 29.1 Å². The normalized spacial score (nSPS) is 13.7. The molecule has 0 aliphatic heterocycles. The van der Waals surface area contributed by atoms with E-state index in [1.807, 2.05) is 7.05 Å². The Kier molecular flexibility index (Phi) is 3.41. The number of carbonyl (C=O) groups excluding carboxylic acids is 1. The summed E-state index contributed by atoms with van der Waals surface area (Å²) < 4.78 is 0. The van der Waals surface area contributed by atoms with Gasteiger partial charge in [0.05, 0.1) is 6.04 Å². The summed E-state index contributed by atoms with van der Waals surface area (Å²) in [6.45, 7) is 1.64. The van der Waals surface area contributed by atoms with Gasteiger partial charge in [-0.15, -0.1) is 0 Å². The van der Waals surface area contributed by atoms with Gasteiger partial charge in [-0.25, -0.2) is 0 Å². The second kappa shape index (κ2) is 5.22. The van der Waals surface area contributed by atoms with Crippen LogP contribution in [0.1, 0.15) is 23.6 Å². The number of rotatable bonds is 4. The standard InChI is InChI=1S/C18H19NO/c1-12(20)18(19-2)10-13-7-8-17-15(9-13)11-14-5-3-4-6-16(14)17/h3-9,18-19H,10-11H2,1-2H3/t18-/m0/s1. The smallest absolute Gasteiger partial charge is 0.147 e. The lowest BCUT2D eigenvalue weighted by Crippen LogP contribution is -2.34. The molecule has 0 heterocycles. The van der Waals surface area contributed by atoms with Crippen molar-refractivity contribution in [3.05, 3.63) is 59.2 Å². The molecule has 102 valence electrons. The molecule has 2 heteroatoms. The molecule has 2 aromatic rings. The number of Topliss-reactive ketones (excluding diaryl/α,β-unsaturated/α-hetero) is 1. The van der Waals surface area contributed by atoms with Gasteiger partial charge in [-0.3, -0.25) is 4.79 Å². The van der Waals surface area contributed by atoms with Crippen LogP contribution in [0.25, 0.3) is 11.1 Å². The summed E-state index contributed by atoms with van der Waals surface area (Å²) in [7, 11) is 1.84. The third-order valence-corrected chi connectivity index (χ3v) is 4.14. The Morgan fingerprint density at radius 2 is 1.90 bits per heavy atom. The van der Waals surface area contributed by atoms with E-state index in [0.717, 1.165) is 12.8 Å². The van der Waals surface area contributed by atoms with E-state index in [4.69, 9.17) is 0 Å². The van der Waals surface area contributed by atoms with Crippen molar-refractivity contribution in [2.75, 3.05) is 7.05 Å². The zero-order valence-electron chi connectivity index (χ0n) is 11.9. The Morgan fingerprint density at radius 1 is 1.15 bits per heavy atom. The number of likely N-dealkylation sites (N-methyl/N-ethyl adjacent to an activating group) is 1. The minimum atomic E-state index is -0.0863. The van der Waals surface area contributed by atoms with Gasteiger partial charge in [0.1, 0.15) is 5.78 Å². The predicted octanol–water partition coefficient (Wildman–Crippen LogP) is 2.98. The fourth-order valence-corrected chi connectivity index (χ4v) is 3.01. The first-order valence-electron chi connectivity index (χ1n) is 7.07. The van der Waals surface area contributed by atoms with Crippen LogP contribution in [0.5, 0.6) is 0 Å². The molecule has 2 nitrogen and oxygen atoms in total. The van der Waals surface area contributed by atoms with Crippen LogP contribution in [-0.2, 0) is 17.6 Å². The summed E-state index contributed by atoms with van der Waals surface area (Å²) in [4.78, 5) is 11.5. The van der Waals surface area contributed by atoms with E-state index in [-0.39, 0.29) is 11.8 Å². The lowest BCUT2D eigenvalue weighted by atomic mass is 9.98. The Morgan fingerprint density at radius 3 is 2.65 bits per heavy atom. The highest BCUT2D eigenvalue weighted by Gasteiger charge is 2.19. The molecule has 0 bridgehead atoms. The number of carbonyl (C=O) groups is 1. The van der Waals surface area contributed by atoms with E-state index in [9.17, 15) is 4.79 Å². The van der Waals surface area contributed by atoms with Gasteiger partial charge in [0.2, 0.25) is 0 Å². The van der Waals surface area contributed by atoms with Gasteiger partial charge < -0.3 is 5.32 Å². The average Bonchev–Trinajstić information content (AvgIpc) is 2.82. The van der Waals surface area contributed by atoms with Gasteiger partial charge in [-0.2, -0.15) is 0 Å². The molecule has 0 saturated carbocycles. The third kappa shape index (κ3) is 2.27. The Labute approximate surface area is 119 Å². The first kappa shape index (κ1) is 13.1. The summed E-state index contributed by atoms with van der Waals surface area (Å²) in [6, 6.07) is 15.1. The minimum absolute atomic E-state index is 0.0863. The van der Waals surface area contributed by atoms with Gasteiger partial charge in [0, 0.05) is 0 Å². The SMILES string of the molecule is CN[C@@H](Cc1ccc2c(c1)Cc1ccccc1-2)C(C)=O. The maximum Gasteiger partial charge on any atom is 0.147 e. The van der Waals surface area contributed by atoms with Crippen LogP contribution in [0.4, 0.5) is 0 Å². The van der Waals surface area contributed by atoms with Gasteiger partial charge >= 0.3 is 0 Å². The fourth-order valence-electron chi connectivity index (χ4n) is 3.01. The van der Waals surface area contributed by atoms with Crippen molar-refractivity contribution in [1.29, 1.82) is 0 Å². The molecule has 1 aliphatic rings. The number of nitrogens with one attached hydrogen (secondary N) is 1. The Balaban J connectivity index is 1.89. The van der Waals surface area contributed by atoms with Crippen molar-refractivity contribution in [2.45, 2.75) is 25.8 Å². The molecule has 0 spiro atoms. The summed E-state index contributed by atoms with van der Waals surface area (Å²) >= 11 is 0. The second-order valence-electron chi connectivity index (χ2n) is 5.48. The molecule has 0 fully saturated rings. The first-order valence-corrected chi connectivity index (χ1v) is 7.07. The average molecular weight is 265 g/mol. The number of hydrogen-bond acceptors (Lipinski definition) is 2. The van der Waals surface area contributed by atoms with E-state index >= 15 is 0 Å². The van der Waals surface area contributed by atoms with Crippen LogP contribution >= 0.6 is 0 Å². The highest BCUT2D eigenvalue weighted by molar-refractivity contribution is 5.82. The lowest BCUT2D eigenvalue weighted by Gasteiger charge is -2.13. The maximum atomic E-state index is 11.5. The highest BCUT2D eigenvalue weighted by Crippen LogP contribution is 2.36. The van der Waals surface area contributed by atoms with Crippen molar-refractivity contribution >= 4 is 5.78 Å². The molecule has 2 aromatic carbocycles. The monoisotopic (exact) mass is 265 g/mol. The van der Waals surface area contributed by atoms with E-state index in [1.54, 1.807) is 6.92 Å². The van der Waals surface area contributed by atoms with Crippen LogP contribution in [0, 0.1) is 0 Å². The van der Waals surface area contributed by atoms with Gasteiger partial charge in [-0.1, -0.05) is 42.5 Å². The van der Waals surface area contributed by atoms with Crippen LogP contribution in [0.2, 0.25) is 0 Å². The largest absolute Gasteiger partial charge is 0.310 e. The minimum Gasteiger partial charge on any atom is -0.310 e. The van der Waals surface area contributed by atoms with Gasteiger partial charge in [-0.05, 0) is 54.6 Å². The zero-order chi connectivity index (χ0) is 14.1. The number of ketones is 1. The van der Waals surface area contributed by atoms with Crippen LogP contribution < -0.4 is 5.32 Å². The molecule has 1 N–H and O–H groups in total. The number of hydrogen-bond donors (Lipinski definition) is 1. The van der Waals surface area contributed by atoms with E-state index in [1.165, 1.54) is 27.8 Å². The van der Waals surface area contributed by atoms with Crippen LogP contribution in [0.3, 0.4) is 0 Å². The number of benzene rings is 2. The van der Waals surface area contributed by atoms with Crippen molar-refractivity contribution in [2.24, 2.45) is 0 Å². The van der Waals surface area contributed by atoms with Crippen molar-refractivity contribution in [1.82, 2.24) is 5.32 Å². The van der Waals surface area contributed by atoms with Crippen LogP contribution in [-0.4, -0.2) is 18.9 Å². The Bertz CT molecular complexity index is 660. The Hall–Kier alpha value is -1.93.